The lowest BCUT2D eigenvalue weighted by atomic mass is 10.1. The van der Waals surface area contributed by atoms with Gasteiger partial charge < -0.3 is 10.5 Å². The summed E-state index contributed by atoms with van der Waals surface area (Å²) in [6, 6.07) is 7.28. The third kappa shape index (κ3) is 3.85. The van der Waals surface area contributed by atoms with Gasteiger partial charge in [-0.15, -0.1) is 0 Å². The smallest absolute Gasteiger partial charge is 0.261 e. The molecular formula is C10H12BrF2NO. The molecule has 1 rings (SSSR count). The van der Waals surface area contributed by atoms with Crippen LogP contribution in [0.1, 0.15) is 11.7 Å². The molecule has 2 nitrogen and oxygen atoms in total. The number of rotatable bonds is 5. The molecule has 1 aromatic rings. The van der Waals surface area contributed by atoms with Crippen molar-refractivity contribution < 1.29 is 13.5 Å². The largest absolute Gasteiger partial charge is 0.366 e. The molecule has 0 heterocycles. The number of alkyl halides is 2. The summed E-state index contributed by atoms with van der Waals surface area (Å²) in [4.78, 5) is 0. The molecule has 0 amide bonds. The van der Waals surface area contributed by atoms with Crippen molar-refractivity contribution in [3.63, 3.8) is 0 Å². The van der Waals surface area contributed by atoms with Crippen LogP contribution < -0.4 is 5.73 Å². The van der Waals surface area contributed by atoms with Crippen molar-refractivity contribution in [3.8, 4) is 0 Å². The van der Waals surface area contributed by atoms with Gasteiger partial charge in [-0.05, 0) is 11.6 Å². The number of nitrogens with two attached hydrogens (primary N) is 1. The van der Waals surface area contributed by atoms with Crippen LogP contribution in [0.15, 0.2) is 28.7 Å². The lowest BCUT2D eigenvalue weighted by Gasteiger charge is -2.17. The molecule has 1 atom stereocenters. The van der Waals surface area contributed by atoms with E-state index >= 15 is 0 Å². The molecule has 0 fully saturated rings. The van der Waals surface area contributed by atoms with E-state index in [0.717, 1.165) is 10.0 Å². The van der Waals surface area contributed by atoms with Crippen LogP contribution in [-0.4, -0.2) is 19.6 Å². The van der Waals surface area contributed by atoms with Crippen LogP contribution in [0.4, 0.5) is 8.78 Å². The van der Waals surface area contributed by atoms with Crippen molar-refractivity contribution in [1.29, 1.82) is 0 Å². The van der Waals surface area contributed by atoms with Crippen LogP contribution >= 0.6 is 15.9 Å². The Morgan fingerprint density at radius 3 is 2.53 bits per heavy atom. The summed E-state index contributed by atoms with van der Waals surface area (Å²) in [6.07, 6.45) is -2.96. The van der Waals surface area contributed by atoms with Gasteiger partial charge in [0.15, 0.2) is 0 Å². The van der Waals surface area contributed by atoms with Crippen LogP contribution in [-0.2, 0) is 4.74 Å². The minimum absolute atomic E-state index is 0.176. The van der Waals surface area contributed by atoms with Crippen molar-refractivity contribution in [1.82, 2.24) is 0 Å². The third-order valence-corrected chi connectivity index (χ3v) is 2.61. The molecule has 0 aliphatic rings. The average molecular weight is 280 g/mol. The van der Waals surface area contributed by atoms with Crippen molar-refractivity contribution in [2.45, 2.75) is 12.5 Å². The third-order valence-electron chi connectivity index (χ3n) is 1.89. The topological polar surface area (TPSA) is 35.2 Å². The Bertz CT molecular complexity index is 309. The van der Waals surface area contributed by atoms with Gasteiger partial charge in [0.25, 0.3) is 6.43 Å². The molecule has 0 spiro atoms. The second-order valence-electron chi connectivity index (χ2n) is 2.97. The molecule has 0 saturated heterocycles. The van der Waals surface area contributed by atoms with Crippen molar-refractivity contribution in [2.75, 3.05) is 13.2 Å². The Morgan fingerprint density at radius 1 is 1.33 bits per heavy atom. The van der Waals surface area contributed by atoms with Gasteiger partial charge in [0.2, 0.25) is 0 Å². The van der Waals surface area contributed by atoms with E-state index in [1.807, 2.05) is 18.2 Å². The van der Waals surface area contributed by atoms with Crippen molar-refractivity contribution in [3.05, 3.63) is 34.3 Å². The Balaban J connectivity index is 2.70. The first-order valence-corrected chi connectivity index (χ1v) is 5.28. The number of halogens is 3. The molecule has 15 heavy (non-hydrogen) atoms. The van der Waals surface area contributed by atoms with E-state index in [1.54, 1.807) is 6.07 Å². The van der Waals surface area contributed by atoms with E-state index in [-0.39, 0.29) is 6.54 Å². The molecule has 5 heteroatoms. The predicted molar refractivity (Wildman–Crippen MR) is 57.9 cm³/mol. The first-order valence-electron chi connectivity index (χ1n) is 4.49. The fraction of sp³-hybridized carbons (Fsp3) is 0.400. The maximum Gasteiger partial charge on any atom is 0.261 e. The van der Waals surface area contributed by atoms with E-state index in [2.05, 4.69) is 15.9 Å². The van der Waals surface area contributed by atoms with Gasteiger partial charge in [0.05, 0.1) is 6.10 Å². The Morgan fingerprint density at radius 2 is 2.00 bits per heavy atom. The minimum Gasteiger partial charge on any atom is -0.366 e. The first-order chi connectivity index (χ1) is 7.15. The summed E-state index contributed by atoms with van der Waals surface area (Å²) in [6.45, 7) is -0.418. The summed E-state index contributed by atoms with van der Waals surface area (Å²) in [7, 11) is 0. The molecule has 2 N–H and O–H groups in total. The van der Waals surface area contributed by atoms with Gasteiger partial charge in [-0.3, -0.25) is 0 Å². The van der Waals surface area contributed by atoms with E-state index in [9.17, 15) is 8.78 Å². The van der Waals surface area contributed by atoms with Gasteiger partial charge in [0, 0.05) is 11.0 Å². The number of ether oxygens (including phenoxy) is 1. The molecule has 0 aliphatic carbocycles. The fourth-order valence-corrected chi connectivity index (χ4v) is 1.75. The monoisotopic (exact) mass is 279 g/mol. The van der Waals surface area contributed by atoms with Crippen molar-refractivity contribution >= 4 is 15.9 Å². The Hall–Kier alpha value is -0.520. The zero-order valence-corrected chi connectivity index (χ0v) is 9.58. The lowest BCUT2D eigenvalue weighted by Crippen LogP contribution is -2.19. The predicted octanol–water partition coefficient (Wildman–Crippen LogP) is 2.73. The number of benzene rings is 1. The molecule has 84 valence electrons. The quantitative estimate of drug-likeness (QED) is 0.900. The SMILES string of the molecule is NCC(OCC(F)F)c1ccccc1Br. The number of hydrogen-bond donors (Lipinski definition) is 1. The highest BCUT2D eigenvalue weighted by atomic mass is 79.9. The molecule has 0 aliphatic heterocycles. The maximum atomic E-state index is 12.0. The summed E-state index contributed by atoms with van der Waals surface area (Å²) in [5.74, 6) is 0. The zero-order chi connectivity index (χ0) is 11.3. The summed E-state index contributed by atoms with van der Waals surface area (Å²) < 4.78 is 29.8. The summed E-state index contributed by atoms with van der Waals surface area (Å²) >= 11 is 3.32. The Labute approximate surface area is 95.5 Å². The van der Waals surface area contributed by atoms with Crippen LogP contribution in [0.5, 0.6) is 0 Å². The molecular weight excluding hydrogens is 268 g/mol. The van der Waals surface area contributed by atoms with Gasteiger partial charge in [-0.25, -0.2) is 8.78 Å². The van der Waals surface area contributed by atoms with Crippen LogP contribution in [0, 0.1) is 0 Å². The van der Waals surface area contributed by atoms with E-state index < -0.39 is 19.1 Å². The van der Waals surface area contributed by atoms with Gasteiger partial charge in [-0.2, -0.15) is 0 Å². The molecule has 0 bridgehead atoms. The highest BCUT2D eigenvalue weighted by Gasteiger charge is 2.15. The molecule has 0 aromatic heterocycles. The van der Waals surface area contributed by atoms with E-state index in [4.69, 9.17) is 10.5 Å². The molecule has 0 radical (unpaired) electrons. The van der Waals surface area contributed by atoms with Gasteiger partial charge in [0.1, 0.15) is 6.61 Å². The highest BCUT2D eigenvalue weighted by Crippen LogP contribution is 2.25. The van der Waals surface area contributed by atoms with Crippen LogP contribution in [0.25, 0.3) is 0 Å². The molecule has 1 unspecified atom stereocenters. The molecule has 0 saturated carbocycles. The highest BCUT2D eigenvalue weighted by molar-refractivity contribution is 9.10. The standard InChI is InChI=1S/C10H12BrF2NO/c11-8-4-2-1-3-7(8)9(5-14)15-6-10(12)13/h1-4,9-10H,5-6,14H2. The summed E-state index contributed by atoms with van der Waals surface area (Å²) in [5, 5.41) is 0. The maximum absolute atomic E-state index is 12.0. The van der Waals surface area contributed by atoms with E-state index in [1.165, 1.54) is 0 Å². The van der Waals surface area contributed by atoms with Gasteiger partial charge >= 0.3 is 0 Å². The molecule has 1 aromatic carbocycles. The first kappa shape index (κ1) is 12.5. The van der Waals surface area contributed by atoms with Gasteiger partial charge in [-0.1, -0.05) is 34.1 Å². The van der Waals surface area contributed by atoms with E-state index in [0.29, 0.717) is 0 Å². The minimum atomic E-state index is -2.47. The van der Waals surface area contributed by atoms with Crippen molar-refractivity contribution in [2.24, 2.45) is 5.73 Å². The van der Waals surface area contributed by atoms with Crippen LogP contribution in [0.2, 0.25) is 0 Å². The zero-order valence-electron chi connectivity index (χ0n) is 8.00. The second-order valence-corrected chi connectivity index (χ2v) is 3.82. The number of hydrogen-bond acceptors (Lipinski definition) is 2. The normalized spacial score (nSPS) is 13.1. The van der Waals surface area contributed by atoms with Crippen LogP contribution in [0.3, 0.4) is 0 Å². The summed E-state index contributed by atoms with van der Waals surface area (Å²) in [5.41, 5.74) is 6.26. The fourth-order valence-electron chi connectivity index (χ4n) is 1.21. The Kier molecular flexibility index (Phi) is 5.14. The lowest BCUT2D eigenvalue weighted by molar-refractivity contribution is -0.0219. The average Bonchev–Trinajstić information content (AvgIpc) is 2.21. The second kappa shape index (κ2) is 6.15.